The standard InChI is InChI=1S/C14H19N5O.2ClH/c15-10-14-16-13(17-20-14)11-18-6-8-19(9-7-18)12-4-2-1-3-5-12;;/h1-5H,6-11,15H2;2*1H. The molecule has 0 bridgehead atoms. The molecule has 3 rings (SSSR count). The fourth-order valence-electron chi connectivity index (χ4n) is 2.44. The summed E-state index contributed by atoms with van der Waals surface area (Å²) in [6.07, 6.45) is 0. The summed E-state index contributed by atoms with van der Waals surface area (Å²) < 4.78 is 5.02. The SMILES string of the molecule is Cl.Cl.NCc1nc(CN2CCN(c3ccccc3)CC2)no1. The Morgan fingerprint density at radius 2 is 1.73 bits per heavy atom. The molecule has 6 nitrogen and oxygen atoms in total. The summed E-state index contributed by atoms with van der Waals surface area (Å²) >= 11 is 0. The highest BCUT2D eigenvalue weighted by Gasteiger charge is 2.18. The Morgan fingerprint density at radius 3 is 2.32 bits per heavy atom. The van der Waals surface area contributed by atoms with Gasteiger partial charge in [0.05, 0.1) is 13.1 Å². The fourth-order valence-corrected chi connectivity index (χ4v) is 2.44. The van der Waals surface area contributed by atoms with Crippen LogP contribution in [0.15, 0.2) is 34.9 Å². The van der Waals surface area contributed by atoms with E-state index >= 15 is 0 Å². The van der Waals surface area contributed by atoms with Gasteiger partial charge in [-0.2, -0.15) is 4.98 Å². The molecule has 2 heterocycles. The Balaban J connectivity index is 0.00000121. The van der Waals surface area contributed by atoms with Gasteiger partial charge in [-0.15, -0.1) is 24.8 Å². The lowest BCUT2D eigenvalue weighted by atomic mass is 10.2. The number of nitrogens with zero attached hydrogens (tertiary/aromatic N) is 4. The minimum atomic E-state index is 0. The number of anilines is 1. The Kier molecular flexibility index (Phi) is 7.61. The van der Waals surface area contributed by atoms with Gasteiger partial charge in [0.15, 0.2) is 5.82 Å². The maximum atomic E-state index is 5.46. The molecule has 0 unspecified atom stereocenters. The third-order valence-electron chi connectivity index (χ3n) is 3.54. The zero-order chi connectivity index (χ0) is 13.8. The van der Waals surface area contributed by atoms with Crippen molar-refractivity contribution in [2.75, 3.05) is 31.1 Å². The first-order valence-electron chi connectivity index (χ1n) is 6.89. The molecule has 8 heteroatoms. The van der Waals surface area contributed by atoms with Gasteiger partial charge < -0.3 is 15.2 Å². The molecule has 0 spiro atoms. The van der Waals surface area contributed by atoms with Gasteiger partial charge in [0.1, 0.15) is 0 Å². The number of aromatic nitrogens is 2. The van der Waals surface area contributed by atoms with E-state index in [0.717, 1.165) is 38.5 Å². The molecule has 0 saturated carbocycles. The molecule has 0 atom stereocenters. The molecule has 122 valence electrons. The molecular formula is C14H21Cl2N5O. The van der Waals surface area contributed by atoms with Crippen molar-refractivity contribution in [1.29, 1.82) is 0 Å². The van der Waals surface area contributed by atoms with Crippen LogP contribution in [0.2, 0.25) is 0 Å². The quantitative estimate of drug-likeness (QED) is 0.909. The molecule has 2 N–H and O–H groups in total. The fraction of sp³-hybridized carbons (Fsp3) is 0.429. The summed E-state index contributed by atoms with van der Waals surface area (Å²) in [5, 5.41) is 3.94. The molecular weight excluding hydrogens is 325 g/mol. The molecule has 0 radical (unpaired) electrons. The largest absolute Gasteiger partial charge is 0.369 e. The zero-order valence-electron chi connectivity index (χ0n) is 12.2. The minimum Gasteiger partial charge on any atom is -0.369 e. The minimum absolute atomic E-state index is 0. The van der Waals surface area contributed by atoms with Crippen molar-refractivity contribution in [1.82, 2.24) is 15.0 Å². The summed E-state index contributed by atoms with van der Waals surface area (Å²) in [7, 11) is 0. The van der Waals surface area contributed by atoms with Crippen LogP contribution in [0.5, 0.6) is 0 Å². The molecule has 1 saturated heterocycles. The Labute approximate surface area is 142 Å². The van der Waals surface area contributed by atoms with Gasteiger partial charge in [-0.3, -0.25) is 4.90 Å². The van der Waals surface area contributed by atoms with Crippen molar-refractivity contribution >= 4 is 30.5 Å². The van der Waals surface area contributed by atoms with Crippen molar-refractivity contribution in [2.45, 2.75) is 13.1 Å². The number of piperazine rings is 1. The van der Waals surface area contributed by atoms with Gasteiger partial charge in [0.2, 0.25) is 5.89 Å². The molecule has 1 aromatic heterocycles. The van der Waals surface area contributed by atoms with Crippen LogP contribution in [-0.4, -0.2) is 41.2 Å². The van der Waals surface area contributed by atoms with Crippen LogP contribution < -0.4 is 10.6 Å². The molecule has 0 amide bonds. The van der Waals surface area contributed by atoms with Crippen molar-refractivity contribution in [3.05, 3.63) is 42.0 Å². The monoisotopic (exact) mass is 345 g/mol. The zero-order valence-corrected chi connectivity index (χ0v) is 13.9. The number of halogens is 2. The van der Waals surface area contributed by atoms with E-state index in [4.69, 9.17) is 10.3 Å². The number of hydrogen-bond donors (Lipinski definition) is 1. The number of benzene rings is 1. The van der Waals surface area contributed by atoms with Crippen LogP contribution in [0, 0.1) is 0 Å². The second kappa shape index (κ2) is 8.95. The molecule has 1 aliphatic heterocycles. The van der Waals surface area contributed by atoms with Gasteiger partial charge in [-0.25, -0.2) is 0 Å². The number of nitrogens with two attached hydrogens (primary N) is 1. The van der Waals surface area contributed by atoms with Gasteiger partial charge in [-0.1, -0.05) is 23.4 Å². The van der Waals surface area contributed by atoms with E-state index in [0.29, 0.717) is 12.4 Å². The van der Waals surface area contributed by atoms with E-state index < -0.39 is 0 Å². The van der Waals surface area contributed by atoms with Crippen molar-refractivity contribution in [3.63, 3.8) is 0 Å². The highest BCUT2D eigenvalue weighted by atomic mass is 35.5. The van der Waals surface area contributed by atoms with Crippen molar-refractivity contribution in [3.8, 4) is 0 Å². The third kappa shape index (κ3) is 4.58. The van der Waals surface area contributed by atoms with Gasteiger partial charge in [0, 0.05) is 31.9 Å². The number of hydrogen-bond acceptors (Lipinski definition) is 6. The molecule has 1 aromatic carbocycles. The maximum Gasteiger partial charge on any atom is 0.240 e. The van der Waals surface area contributed by atoms with Gasteiger partial charge >= 0.3 is 0 Å². The predicted molar refractivity (Wildman–Crippen MR) is 90.6 cm³/mol. The summed E-state index contributed by atoms with van der Waals surface area (Å²) in [5.74, 6) is 1.22. The summed E-state index contributed by atoms with van der Waals surface area (Å²) in [5.41, 5.74) is 6.75. The average molecular weight is 346 g/mol. The molecule has 22 heavy (non-hydrogen) atoms. The summed E-state index contributed by atoms with van der Waals surface area (Å²) in [6, 6.07) is 10.5. The first-order valence-corrected chi connectivity index (χ1v) is 6.89. The van der Waals surface area contributed by atoms with Crippen LogP contribution >= 0.6 is 24.8 Å². The van der Waals surface area contributed by atoms with E-state index in [2.05, 4.69) is 44.2 Å². The highest BCUT2D eigenvalue weighted by Crippen LogP contribution is 2.16. The normalized spacial score (nSPS) is 15.0. The van der Waals surface area contributed by atoms with E-state index in [1.165, 1.54) is 5.69 Å². The first kappa shape index (κ1) is 18.7. The van der Waals surface area contributed by atoms with Crippen molar-refractivity contribution in [2.24, 2.45) is 5.73 Å². The predicted octanol–water partition coefficient (Wildman–Crippen LogP) is 1.69. The van der Waals surface area contributed by atoms with E-state index in [1.54, 1.807) is 0 Å². The summed E-state index contributed by atoms with van der Waals surface area (Å²) in [4.78, 5) is 8.98. The molecule has 1 aliphatic rings. The topological polar surface area (TPSA) is 71.4 Å². The van der Waals surface area contributed by atoms with Crippen LogP contribution in [-0.2, 0) is 13.1 Å². The maximum absolute atomic E-state index is 5.46. The van der Waals surface area contributed by atoms with E-state index in [1.807, 2.05) is 6.07 Å². The van der Waals surface area contributed by atoms with Crippen LogP contribution in [0.4, 0.5) is 5.69 Å². The Bertz CT molecular complexity index is 543. The van der Waals surface area contributed by atoms with Crippen molar-refractivity contribution < 1.29 is 4.52 Å². The smallest absolute Gasteiger partial charge is 0.240 e. The number of rotatable bonds is 4. The van der Waals surface area contributed by atoms with E-state index in [-0.39, 0.29) is 24.8 Å². The van der Waals surface area contributed by atoms with Crippen LogP contribution in [0.3, 0.4) is 0 Å². The first-order chi connectivity index (χ1) is 9.85. The third-order valence-corrected chi connectivity index (χ3v) is 3.54. The Morgan fingerprint density at radius 1 is 1.05 bits per heavy atom. The average Bonchev–Trinajstić information content (AvgIpc) is 2.97. The Hall–Kier alpha value is -1.34. The molecule has 0 aliphatic carbocycles. The lowest BCUT2D eigenvalue weighted by molar-refractivity contribution is 0.240. The van der Waals surface area contributed by atoms with E-state index in [9.17, 15) is 0 Å². The van der Waals surface area contributed by atoms with Gasteiger partial charge in [-0.05, 0) is 12.1 Å². The molecule has 1 fully saturated rings. The molecule has 2 aromatic rings. The lowest BCUT2D eigenvalue weighted by Crippen LogP contribution is -2.46. The van der Waals surface area contributed by atoms with Gasteiger partial charge in [0.25, 0.3) is 0 Å². The lowest BCUT2D eigenvalue weighted by Gasteiger charge is -2.35. The second-order valence-electron chi connectivity index (χ2n) is 4.91. The van der Waals surface area contributed by atoms with Crippen LogP contribution in [0.25, 0.3) is 0 Å². The van der Waals surface area contributed by atoms with Crippen LogP contribution in [0.1, 0.15) is 11.7 Å². The summed E-state index contributed by atoms with van der Waals surface area (Å²) in [6.45, 7) is 5.07. The second-order valence-corrected chi connectivity index (χ2v) is 4.91. The number of para-hydroxylation sites is 1. The highest BCUT2D eigenvalue weighted by molar-refractivity contribution is 5.85.